The summed E-state index contributed by atoms with van der Waals surface area (Å²) in [5.74, 6) is -0.793. The molecule has 1 unspecified atom stereocenters. The zero-order valence-electron chi connectivity index (χ0n) is 10.0. The molecule has 1 fully saturated rings. The van der Waals surface area contributed by atoms with Gasteiger partial charge in [-0.25, -0.2) is 4.39 Å². The average Bonchev–Trinajstić information content (AvgIpc) is 2.41. The number of carbonyl (C=O) groups excluding carboxylic acids is 1. The van der Waals surface area contributed by atoms with Crippen LogP contribution in [0.2, 0.25) is 5.02 Å². The van der Waals surface area contributed by atoms with Gasteiger partial charge in [-0.05, 0) is 31.4 Å². The third-order valence-electron chi connectivity index (χ3n) is 3.34. The van der Waals surface area contributed by atoms with Crippen LogP contribution in [-0.4, -0.2) is 29.9 Å². The van der Waals surface area contributed by atoms with Gasteiger partial charge in [-0.2, -0.15) is 0 Å². The molecule has 1 aliphatic heterocycles. The van der Waals surface area contributed by atoms with Crippen LogP contribution in [0.5, 0.6) is 0 Å². The second kappa shape index (κ2) is 5.67. The molecular formula is C13H16ClFN2O. The van der Waals surface area contributed by atoms with Gasteiger partial charge in [0.15, 0.2) is 0 Å². The van der Waals surface area contributed by atoms with Crippen molar-refractivity contribution in [2.45, 2.75) is 25.3 Å². The highest BCUT2D eigenvalue weighted by atomic mass is 35.5. The highest BCUT2D eigenvalue weighted by Crippen LogP contribution is 2.24. The Morgan fingerprint density at radius 2 is 2.28 bits per heavy atom. The van der Waals surface area contributed by atoms with Gasteiger partial charge in [-0.15, -0.1) is 0 Å². The van der Waals surface area contributed by atoms with Crippen molar-refractivity contribution in [3.05, 3.63) is 34.6 Å². The summed E-state index contributed by atoms with van der Waals surface area (Å²) in [4.78, 5) is 14.1. The predicted octanol–water partition coefficient (Wildman–Crippen LogP) is 2.43. The van der Waals surface area contributed by atoms with E-state index in [1.165, 1.54) is 12.1 Å². The number of piperidine rings is 1. The van der Waals surface area contributed by atoms with Crippen molar-refractivity contribution in [1.82, 2.24) is 4.90 Å². The molecule has 1 atom stereocenters. The molecule has 3 nitrogen and oxygen atoms in total. The second-order valence-electron chi connectivity index (χ2n) is 4.49. The summed E-state index contributed by atoms with van der Waals surface area (Å²) < 4.78 is 13.4. The Labute approximate surface area is 111 Å². The molecule has 1 amide bonds. The van der Waals surface area contributed by atoms with Crippen molar-refractivity contribution in [3.63, 3.8) is 0 Å². The van der Waals surface area contributed by atoms with Crippen molar-refractivity contribution in [2.24, 2.45) is 5.73 Å². The molecule has 2 rings (SSSR count). The van der Waals surface area contributed by atoms with Gasteiger partial charge in [0.2, 0.25) is 0 Å². The van der Waals surface area contributed by atoms with Crippen molar-refractivity contribution >= 4 is 17.5 Å². The highest BCUT2D eigenvalue weighted by molar-refractivity contribution is 6.34. The molecule has 5 heteroatoms. The van der Waals surface area contributed by atoms with Crippen molar-refractivity contribution in [3.8, 4) is 0 Å². The summed E-state index contributed by atoms with van der Waals surface area (Å²) in [7, 11) is 0. The zero-order chi connectivity index (χ0) is 13.1. The monoisotopic (exact) mass is 270 g/mol. The molecule has 1 saturated heterocycles. The van der Waals surface area contributed by atoms with Gasteiger partial charge in [-0.3, -0.25) is 4.79 Å². The number of benzene rings is 1. The van der Waals surface area contributed by atoms with Gasteiger partial charge in [0, 0.05) is 19.1 Å². The minimum Gasteiger partial charge on any atom is -0.334 e. The molecule has 1 aromatic carbocycles. The van der Waals surface area contributed by atoms with Crippen LogP contribution in [-0.2, 0) is 0 Å². The number of hydrogen-bond donors (Lipinski definition) is 1. The van der Waals surface area contributed by atoms with Crippen molar-refractivity contribution in [2.75, 3.05) is 13.1 Å². The molecule has 1 aliphatic rings. The van der Waals surface area contributed by atoms with E-state index in [1.807, 2.05) is 0 Å². The first-order chi connectivity index (χ1) is 8.65. The van der Waals surface area contributed by atoms with Crippen LogP contribution >= 0.6 is 11.6 Å². The second-order valence-corrected chi connectivity index (χ2v) is 4.86. The molecule has 0 aromatic heterocycles. The van der Waals surface area contributed by atoms with E-state index in [4.69, 9.17) is 17.3 Å². The lowest BCUT2D eigenvalue weighted by Gasteiger charge is -2.35. The Morgan fingerprint density at radius 1 is 1.50 bits per heavy atom. The molecule has 0 bridgehead atoms. The van der Waals surface area contributed by atoms with E-state index in [9.17, 15) is 9.18 Å². The number of hydrogen-bond acceptors (Lipinski definition) is 2. The summed E-state index contributed by atoms with van der Waals surface area (Å²) in [5, 5.41) is -0.108. The van der Waals surface area contributed by atoms with Crippen LogP contribution in [0, 0.1) is 5.82 Å². The fourth-order valence-corrected chi connectivity index (χ4v) is 2.54. The molecular weight excluding hydrogens is 255 g/mol. The van der Waals surface area contributed by atoms with E-state index >= 15 is 0 Å². The summed E-state index contributed by atoms with van der Waals surface area (Å²) in [6.45, 7) is 1.09. The van der Waals surface area contributed by atoms with Crippen molar-refractivity contribution < 1.29 is 9.18 Å². The maximum atomic E-state index is 13.4. The Bertz CT molecular complexity index is 453. The lowest BCUT2D eigenvalue weighted by molar-refractivity contribution is 0.0623. The summed E-state index contributed by atoms with van der Waals surface area (Å²) >= 11 is 5.84. The maximum absolute atomic E-state index is 13.4. The number of amides is 1. The van der Waals surface area contributed by atoms with Gasteiger partial charge < -0.3 is 10.6 Å². The van der Waals surface area contributed by atoms with Crippen LogP contribution in [0.3, 0.4) is 0 Å². The first-order valence-electron chi connectivity index (χ1n) is 6.10. The predicted molar refractivity (Wildman–Crippen MR) is 69.1 cm³/mol. The third-order valence-corrected chi connectivity index (χ3v) is 3.73. The molecule has 18 heavy (non-hydrogen) atoms. The zero-order valence-corrected chi connectivity index (χ0v) is 10.8. The highest BCUT2D eigenvalue weighted by Gasteiger charge is 2.28. The maximum Gasteiger partial charge on any atom is 0.255 e. The SMILES string of the molecule is NCC1CCCCN1C(=O)c1cccc(F)c1Cl. The minimum absolute atomic E-state index is 0.0329. The van der Waals surface area contributed by atoms with Crippen molar-refractivity contribution in [1.29, 1.82) is 0 Å². The van der Waals surface area contributed by atoms with E-state index < -0.39 is 5.82 Å². The number of nitrogens with two attached hydrogens (primary N) is 1. The molecule has 0 radical (unpaired) electrons. The first-order valence-corrected chi connectivity index (χ1v) is 6.48. The summed E-state index contributed by atoms with van der Waals surface area (Å²) in [6, 6.07) is 4.33. The summed E-state index contributed by atoms with van der Waals surface area (Å²) in [6.07, 6.45) is 2.92. The standard InChI is InChI=1S/C13H16ClFN2O/c14-12-10(5-3-6-11(12)15)13(18)17-7-2-1-4-9(17)8-16/h3,5-6,9H,1-2,4,7-8,16H2. The van der Waals surface area contributed by atoms with Gasteiger partial charge in [0.05, 0.1) is 10.6 Å². The van der Waals surface area contributed by atoms with Crippen LogP contribution in [0.4, 0.5) is 4.39 Å². The molecule has 2 N–H and O–H groups in total. The van der Waals surface area contributed by atoms with Gasteiger partial charge in [0.1, 0.15) is 5.82 Å². The number of halogens is 2. The van der Waals surface area contributed by atoms with Crippen LogP contribution in [0.1, 0.15) is 29.6 Å². The first kappa shape index (κ1) is 13.3. The topological polar surface area (TPSA) is 46.3 Å². The Hall–Kier alpha value is -1.13. The van der Waals surface area contributed by atoms with Gasteiger partial charge in [-0.1, -0.05) is 17.7 Å². The van der Waals surface area contributed by atoms with Gasteiger partial charge >= 0.3 is 0 Å². The van der Waals surface area contributed by atoms with Crippen LogP contribution in [0.25, 0.3) is 0 Å². The smallest absolute Gasteiger partial charge is 0.255 e. The average molecular weight is 271 g/mol. The normalized spacial score (nSPS) is 19.9. The van der Waals surface area contributed by atoms with E-state index in [0.29, 0.717) is 13.1 Å². The summed E-state index contributed by atoms with van der Waals surface area (Å²) in [5.41, 5.74) is 5.90. The Morgan fingerprint density at radius 3 is 3.00 bits per heavy atom. The van der Waals surface area contributed by atoms with Crippen LogP contribution in [0.15, 0.2) is 18.2 Å². The van der Waals surface area contributed by atoms with E-state index in [2.05, 4.69) is 0 Å². The Balaban J connectivity index is 2.27. The molecule has 1 aromatic rings. The molecule has 0 aliphatic carbocycles. The fraction of sp³-hybridized carbons (Fsp3) is 0.462. The molecule has 98 valence electrons. The van der Waals surface area contributed by atoms with E-state index in [0.717, 1.165) is 19.3 Å². The molecule has 0 saturated carbocycles. The number of rotatable bonds is 2. The minimum atomic E-state index is -0.566. The Kier molecular flexibility index (Phi) is 4.19. The number of carbonyl (C=O) groups is 1. The number of likely N-dealkylation sites (tertiary alicyclic amines) is 1. The van der Waals surface area contributed by atoms with Crippen LogP contribution < -0.4 is 5.73 Å². The quantitative estimate of drug-likeness (QED) is 0.897. The largest absolute Gasteiger partial charge is 0.334 e. The lowest BCUT2D eigenvalue weighted by atomic mass is 10.0. The number of nitrogens with zero attached hydrogens (tertiary/aromatic N) is 1. The van der Waals surface area contributed by atoms with Gasteiger partial charge in [0.25, 0.3) is 5.91 Å². The third kappa shape index (κ3) is 2.49. The van der Waals surface area contributed by atoms with E-state index in [-0.39, 0.29) is 22.5 Å². The fourth-order valence-electron chi connectivity index (χ4n) is 2.34. The molecule has 0 spiro atoms. The lowest BCUT2D eigenvalue weighted by Crippen LogP contribution is -2.47. The van der Waals surface area contributed by atoms with E-state index in [1.54, 1.807) is 11.0 Å². The molecule has 1 heterocycles.